The van der Waals surface area contributed by atoms with Gasteiger partial charge in [-0.3, -0.25) is 4.98 Å². The number of nitrogens with zero attached hydrogens (tertiary/aromatic N) is 3. The molecule has 0 fully saturated rings. The Labute approximate surface area is 130 Å². The molecule has 1 unspecified atom stereocenters. The lowest BCUT2D eigenvalue weighted by atomic mass is 10.1. The van der Waals surface area contributed by atoms with Crippen LogP contribution >= 0.6 is 0 Å². The molecule has 3 rings (SSSR count). The molecule has 3 aromatic rings. The number of nitrogens with one attached hydrogen (secondary N) is 1. The Bertz CT molecular complexity index is 759. The summed E-state index contributed by atoms with van der Waals surface area (Å²) in [4.78, 5) is 8.48. The number of rotatable bonds is 4. The second-order valence-corrected chi connectivity index (χ2v) is 5.49. The Balaban J connectivity index is 1.76. The van der Waals surface area contributed by atoms with E-state index in [1.165, 1.54) is 5.56 Å². The molecule has 0 radical (unpaired) electrons. The molecule has 0 saturated heterocycles. The monoisotopic (exact) mass is 292 g/mol. The quantitative estimate of drug-likeness (QED) is 0.788. The van der Waals surface area contributed by atoms with Gasteiger partial charge in [0.25, 0.3) is 0 Å². The van der Waals surface area contributed by atoms with Gasteiger partial charge in [-0.1, -0.05) is 12.1 Å². The van der Waals surface area contributed by atoms with Crippen LogP contribution in [-0.2, 0) is 0 Å². The van der Waals surface area contributed by atoms with Crippen molar-refractivity contribution in [2.75, 3.05) is 5.32 Å². The van der Waals surface area contributed by atoms with E-state index in [0.717, 1.165) is 22.9 Å². The predicted molar refractivity (Wildman–Crippen MR) is 89.3 cm³/mol. The molecular weight excluding hydrogens is 272 g/mol. The van der Waals surface area contributed by atoms with Gasteiger partial charge in [0.1, 0.15) is 5.82 Å². The number of aryl methyl sites for hydroxylation is 2. The first kappa shape index (κ1) is 14.3. The maximum atomic E-state index is 4.26. The number of benzene rings is 1. The fourth-order valence-electron chi connectivity index (χ4n) is 2.54. The van der Waals surface area contributed by atoms with Crippen molar-refractivity contribution in [1.29, 1.82) is 0 Å². The highest BCUT2D eigenvalue weighted by Crippen LogP contribution is 2.21. The molecule has 0 bridgehead atoms. The molecule has 0 aliphatic heterocycles. The molecular formula is C18H20N4. The minimum Gasteiger partial charge on any atom is -0.378 e. The van der Waals surface area contributed by atoms with Crippen LogP contribution in [-0.4, -0.2) is 14.5 Å². The minimum atomic E-state index is 0.236. The Morgan fingerprint density at radius 3 is 2.41 bits per heavy atom. The van der Waals surface area contributed by atoms with E-state index in [4.69, 9.17) is 0 Å². The lowest BCUT2D eigenvalue weighted by Crippen LogP contribution is -2.07. The minimum absolute atomic E-state index is 0.236. The van der Waals surface area contributed by atoms with E-state index < -0.39 is 0 Å². The van der Waals surface area contributed by atoms with Gasteiger partial charge in [-0.2, -0.15) is 0 Å². The van der Waals surface area contributed by atoms with Crippen LogP contribution in [0.3, 0.4) is 0 Å². The van der Waals surface area contributed by atoms with Gasteiger partial charge in [-0.15, -0.1) is 0 Å². The fraction of sp³-hybridized carbons (Fsp3) is 0.222. The van der Waals surface area contributed by atoms with Crippen LogP contribution in [0.2, 0.25) is 0 Å². The SMILES string of the molecule is Cc1cc(NC(C)c2ccc(-n3ccnc3C)cc2)ccn1. The standard InChI is InChI=1S/C18H20N4/c1-13-12-17(8-9-19-13)21-14(2)16-4-6-18(7-5-16)22-11-10-20-15(22)3/h4-12,14H,1-3H3,(H,19,21). The van der Waals surface area contributed by atoms with Crippen LogP contribution in [0.4, 0.5) is 5.69 Å². The van der Waals surface area contributed by atoms with Crippen molar-refractivity contribution in [3.63, 3.8) is 0 Å². The molecule has 4 heteroatoms. The summed E-state index contributed by atoms with van der Waals surface area (Å²) in [5.74, 6) is 0.992. The van der Waals surface area contributed by atoms with Gasteiger partial charge in [0.2, 0.25) is 0 Å². The predicted octanol–water partition coefficient (Wildman–Crippen LogP) is 4.06. The number of pyridine rings is 1. The van der Waals surface area contributed by atoms with Crippen molar-refractivity contribution in [1.82, 2.24) is 14.5 Å². The Morgan fingerprint density at radius 2 is 1.77 bits per heavy atom. The summed E-state index contributed by atoms with van der Waals surface area (Å²) in [6.45, 7) is 6.16. The van der Waals surface area contributed by atoms with Gasteiger partial charge in [0.15, 0.2) is 0 Å². The first-order valence-corrected chi connectivity index (χ1v) is 7.43. The van der Waals surface area contributed by atoms with Gasteiger partial charge in [-0.05, 0) is 50.6 Å². The summed E-state index contributed by atoms with van der Waals surface area (Å²) in [5, 5.41) is 3.51. The molecule has 0 amide bonds. The topological polar surface area (TPSA) is 42.7 Å². The average Bonchev–Trinajstić information content (AvgIpc) is 2.93. The molecule has 4 nitrogen and oxygen atoms in total. The Kier molecular flexibility index (Phi) is 3.92. The zero-order valence-electron chi connectivity index (χ0n) is 13.1. The molecule has 2 aromatic heterocycles. The second kappa shape index (κ2) is 6.02. The lowest BCUT2D eigenvalue weighted by molar-refractivity contribution is 0.880. The normalized spacial score (nSPS) is 12.1. The van der Waals surface area contributed by atoms with Crippen molar-refractivity contribution >= 4 is 5.69 Å². The maximum absolute atomic E-state index is 4.26. The number of hydrogen-bond acceptors (Lipinski definition) is 3. The van der Waals surface area contributed by atoms with Crippen molar-refractivity contribution in [2.45, 2.75) is 26.8 Å². The molecule has 2 heterocycles. The highest BCUT2D eigenvalue weighted by atomic mass is 15.1. The molecule has 112 valence electrons. The zero-order valence-corrected chi connectivity index (χ0v) is 13.1. The van der Waals surface area contributed by atoms with E-state index in [1.807, 2.05) is 38.5 Å². The highest BCUT2D eigenvalue weighted by molar-refractivity contribution is 5.46. The van der Waals surface area contributed by atoms with E-state index in [1.54, 1.807) is 0 Å². The van der Waals surface area contributed by atoms with Gasteiger partial charge in [0, 0.05) is 41.7 Å². The molecule has 1 aromatic carbocycles. The summed E-state index contributed by atoms with van der Waals surface area (Å²) in [6, 6.07) is 12.8. The zero-order chi connectivity index (χ0) is 15.5. The smallest absolute Gasteiger partial charge is 0.110 e. The van der Waals surface area contributed by atoms with Crippen molar-refractivity contribution in [3.05, 3.63) is 72.1 Å². The lowest BCUT2D eigenvalue weighted by Gasteiger charge is -2.16. The van der Waals surface area contributed by atoms with Crippen molar-refractivity contribution in [3.8, 4) is 5.69 Å². The summed E-state index contributed by atoms with van der Waals surface area (Å²) in [6.07, 6.45) is 5.63. The average molecular weight is 292 g/mol. The van der Waals surface area contributed by atoms with Crippen molar-refractivity contribution < 1.29 is 0 Å². The molecule has 1 atom stereocenters. The van der Waals surface area contributed by atoms with E-state index in [2.05, 4.69) is 57.1 Å². The Morgan fingerprint density at radius 1 is 1.00 bits per heavy atom. The van der Waals surface area contributed by atoms with Gasteiger partial charge < -0.3 is 9.88 Å². The largest absolute Gasteiger partial charge is 0.378 e. The third-order valence-corrected chi connectivity index (χ3v) is 3.78. The van der Waals surface area contributed by atoms with E-state index in [-0.39, 0.29) is 6.04 Å². The number of imidazole rings is 1. The Hall–Kier alpha value is -2.62. The molecule has 1 N–H and O–H groups in total. The molecule has 0 spiro atoms. The van der Waals surface area contributed by atoms with Gasteiger partial charge >= 0.3 is 0 Å². The van der Waals surface area contributed by atoms with E-state index >= 15 is 0 Å². The van der Waals surface area contributed by atoms with E-state index in [0.29, 0.717) is 0 Å². The van der Waals surface area contributed by atoms with Crippen LogP contribution in [0, 0.1) is 13.8 Å². The molecule has 0 saturated carbocycles. The van der Waals surface area contributed by atoms with Crippen LogP contribution < -0.4 is 5.32 Å². The fourth-order valence-corrected chi connectivity index (χ4v) is 2.54. The third-order valence-electron chi connectivity index (χ3n) is 3.78. The molecule has 0 aliphatic rings. The summed E-state index contributed by atoms with van der Waals surface area (Å²) < 4.78 is 2.08. The number of aromatic nitrogens is 3. The summed E-state index contributed by atoms with van der Waals surface area (Å²) >= 11 is 0. The van der Waals surface area contributed by atoms with E-state index in [9.17, 15) is 0 Å². The van der Waals surface area contributed by atoms with Crippen LogP contribution in [0.25, 0.3) is 5.69 Å². The first-order valence-electron chi connectivity index (χ1n) is 7.43. The van der Waals surface area contributed by atoms with Crippen LogP contribution in [0.15, 0.2) is 55.0 Å². The summed E-state index contributed by atoms with van der Waals surface area (Å²) in [7, 11) is 0. The van der Waals surface area contributed by atoms with Crippen LogP contribution in [0.5, 0.6) is 0 Å². The van der Waals surface area contributed by atoms with Gasteiger partial charge in [0.05, 0.1) is 0 Å². The number of hydrogen-bond donors (Lipinski definition) is 1. The second-order valence-electron chi connectivity index (χ2n) is 5.49. The van der Waals surface area contributed by atoms with Gasteiger partial charge in [-0.25, -0.2) is 4.98 Å². The molecule has 22 heavy (non-hydrogen) atoms. The first-order chi connectivity index (χ1) is 10.6. The number of anilines is 1. The highest BCUT2D eigenvalue weighted by Gasteiger charge is 2.07. The van der Waals surface area contributed by atoms with Crippen LogP contribution in [0.1, 0.15) is 30.0 Å². The third kappa shape index (κ3) is 3.01. The summed E-state index contributed by atoms with van der Waals surface area (Å²) in [5.41, 5.74) is 4.49. The maximum Gasteiger partial charge on any atom is 0.110 e. The molecule has 0 aliphatic carbocycles. The van der Waals surface area contributed by atoms with Crippen molar-refractivity contribution in [2.24, 2.45) is 0 Å².